The average Bonchev–Trinajstić information content (AvgIpc) is 1.63. The monoisotopic (exact) mass is 1830 g/mol. The lowest BCUT2D eigenvalue weighted by Crippen LogP contribution is -2.35. The van der Waals surface area contributed by atoms with Crippen molar-refractivity contribution in [1.82, 2.24) is 41.0 Å². The molecule has 0 bridgehead atoms. The fourth-order valence-electron chi connectivity index (χ4n) is 16.5. The Balaban J connectivity index is 0.000000181. The third kappa shape index (κ3) is 28.0. The number of nitrogens with one attached hydrogen (secondary N) is 6. The molecule has 134 heavy (non-hydrogen) atoms. The summed E-state index contributed by atoms with van der Waals surface area (Å²) in [6.45, 7) is 33.1. The van der Waals surface area contributed by atoms with E-state index in [0.717, 1.165) is 133 Å². The highest BCUT2D eigenvalue weighted by Crippen LogP contribution is 2.40. The van der Waals surface area contributed by atoms with Gasteiger partial charge in [-0.1, -0.05) is 172 Å². The summed E-state index contributed by atoms with van der Waals surface area (Å²) in [6.07, 6.45) is 23.9. The number of fused-ring (bicyclic) bond motifs is 6. The lowest BCUT2D eigenvalue weighted by atomic mass is 9.93. The lowest BCUT2D eigenvalue weighted by Gasteiger charge is -2.21. The van der Waals surface area contributed by atoms with Gasteiger partial charge in [-0.05, 0) is 302 Å². The van der Waals surface area contributed by atoms with Crippen LogP contribution in [0.25, 0.3) is 44.1 Å². The number of benzene rings is 7. The van der Waals surface area contributed by atoms with Crippen molar-refractivity contribution in [1.29, 1.82) is 0 Å². The van der Waals surface area contributed by atoms with E-state index in [2.05, 4.69) is 148 Å². The Morgan fingerprint density at radius 3 is 1.60 bits per heavy atom. The number of ketones is 6. The minimum absolute atomic E-state index is 0.00342. The van der Waals surface area contributed by atoms with Crippen LogP contribution in [0, 0.1) is 54.3 Å². The Morgan fingerprint density at radius 2 is 1.00 bits per heavy atom. The van der Waals surface area contributed by atoms with Gasteiger partial charge in [0.15, 0.2) is 46.3 Å². The van der Waals surface area contributed by atoms with Gasteiger partial charge in [-0.15, -0.1) is 0 Å². The molecule has 7 N–H and O–H groups in total. The lowest BCUT2D eigenvalue weighted by molar-refractivity contribution is -0.120. The topological polar surface area (TPSA) is 307 Å². The molecule has 23 heteroatoms. The van der Waals surface area contributed by atoms with Gasteiger partial charge in [0, 0.05) is 113 Å². The number of nitrogens with zero attached hydrogens (tertiary/aromatic N) is 2. The van der Waals surface area contributed by atoms with Gasteiger partial charge in [0.05, 0.1) is 17.5 Å². The standard InChI is InChI=1S/C23H24N2O2.C20H24N2O2.C19H23NO2.C17H19NO2.C16H16ClNO2.C16H16FNO3/c1-16-11-12-21-20(14-16)22(23(27)24-13-7-8-17(2)26)18(3)25(21)15-19-9-5-4-6-10-19;1-12-8-9-18-17(10-12)19(13(2)22(18)4)20(24)21-16-7-5-6-15(11-16)14(3)23;1-12-5-6-16-10-14(3)17(18(16)9-12)11-19(22)20-8-7-13(2)15(4)21;1-11-9-14-6-7-15(16(14)10-12(11)2)17(20)18-8-4-5-13(3)19;1-10-8-12-5-6-13(17)9-14(12)15(10)16(20)18-7-3-4-11(2)19;1-9-8-11-5-6-12(20)15(17)14(11)13(9)16(21)18-7-3-4-10(2)19/h4-12,14H,13,15H2,1-3H3,(H,24,27);8-11,16H,5-7H2,1-4H3,(H,21,24);5-7,9H,8,10-11H2,1-4H3,(H,20,22);4-5,7,9-10H,6,8H2,1-3H3,(H,18,20);3-6,9H,7-8H2,1-2H3,(H,18,20);3-6,20H,7-8H2,1-2H3,(H,18,21)/b8-7+;;13-7-;5-4+;2*4-3+. The van der Waals surface area contributed by atoms with E-state index in [9.17, 15) is 67.0 Å². The van der Waals surface area contributed by atoms with Crippen LogP contribution >= 0.6 is 11.6 Å². The maximum atomic E-state index is 14.1. The normalized spacial score (nSPS) is 13.9. The molecule has 6 amide bonds. The molecule has 2 heterocycles. The number of Topliss-reactive ketones (excluding diaryl/α,β-unsaturated/α-hetero) is 2. The highest BCUT2D eigenvalue weighted by Gasteiger charge is 2.31. The largest absolute Gasteiger partial charge is 0.505 e. The number of phenolic OH excluding ortho intramolecular Hbond substituents is 1. The molecule has 0 spiro atoms. The van der Waals surface area contributed by atoms with E-state index in [1.807, 2.05) is 90.2 Å². The molecule has 0 saturated carbocycles. The number of aromatic hydroxyl groups is 1. The summed E-state index contributed by atoms with van der Waals surface area (Å²) >= 11 is 6.00. The fraction of sp³-hybridized carbons (Fsp3) is 0.297. The zero-order valence-corrected chi connectivity index (χ0v) is 80.7. The third-order valence-corrected chi connectivity index (χ3v) is 24.0. The number of aromatic nitrogens is 2. The van der Waals surface area contributed by atoms with Crippen LogP contribution < -0.4 is 31.9 Å². The predicted molar refractivity (Wildman–Crippen MR) is 533 cm³/mol. The van der Waals surface area contributed by atoms with Crippen LogP contribution in [0.3, 0.4) is 0 Å². The van der Waals surface area contributed by atoms with Crippen LogP contribution in [0.15, 0.2) is 222 Å². The van der Waals surface area contributed by atoms with Crippen molar-refractivity contribution in [3.05, 3.63) is 333 Å². The minimum Gasteiger partial charge on any atom is -0.505 e. The number of allylic oxidation sites excluding steroid dienone is 10. The number of carbonyl (C=O) groups excluding carboxylic acids is 12. The Bertz CT molecular complexity index is 6470. The van der Waals surface area contributed by atoms with Crippen molar-refractivity contribution in [3.8, 4) is 5.75 Å². The van der Waals surface area contributed by atoms with Gasteiger partial charge in [-0.25, -0.2) is 4.39 Å². The second kappa shape index (κ2) is 48.3. The molecule has 14 rings (SSSR count). The van der Waals surface area contributed by atoms with Gasteiger partial charge < -0.3 is 46.1 Å². The fourth-order valence-corrected chi connectivity index (χ4v) is 16.7. The van der Waals surface area contributed by atoms with Crippen LogP contribution in [0.2, 0.25) is 5.02 Å². The number of halogens is 2. The first-order valence-electron chi connectivity index (χ1n) is 44.9. The van der Waals surface area contributed by atoms with Crippen molar-refractivity contribution in [2.45, 2.75) is 182 Å². The number of carbonyl (C=O) groups is 12. The molecule has 2 aromatic heterocycles. The first kappa shape index (κ1) is 104. The molecule has 1 atom stereocenters. The van der Waals surface area contributed by atoms with Crippen LogP contribution in [0.1, 0.15) is 205 Å². The van der Waals surface area contributed by atoms with Crippen molar-refractivity contribution < 1.29 is 67.0 Å². The summed E-state index contributed by atoms with van der Waals surface area (Å²) in [6, 6.07) is 41.7. The quantitative estimate of drug-likeness (QED) is 0.0248. The van der Waals surface area contributed by atoms with Crippen molar-refractivity contribution >= 4 is 126 Å². The highest BCUT2D eigenvalue weighted by atomic mass is 35.5. The molecule has 1 unspecified atom stereocenters. The zero-order valence-electron chi connectivity index (χ0n) is 79.9. The van der Waals surface area contributed by atoms with E-state index in [4.69, 9.17) is 11.6 Å². The zero-order chi connectivity index (χ0) is 98.1. The maximum Gasteiger partial charge on any atom is 0.254 e. The molecule has 5 aliphatic carbocycles. The number of amides is 6. The molecule has 9 aromatic rings. The van der Waals surface area contributed by atoms with E-state index in [-0.39, 0.29) is 88.0 Å². The van der Waals surface area contributed by atoms with Crippen LogP contribution in [0.4, 0.5) is 4.39 Å². The number of hydrogen-bond donors (Lipinski definition) is 7. The molecule has 5 aliphatic rings. The van der Waals surface area contributed by atoms with Gasteiger partial charge in [-0.3, -0.25) is 57.5 Å². The Morgan fingerprint density at radius 1 is 0.493 bits per heavy atom. The van der Waals surface area contributed by atoms with E-state index in [1.54, 1.807) is 51.1 Å². The molecule has 0 saturated heterocycles. The third-order valence-electron chi connectivity index (χ3n) is 23.8. The van der Waals surface area contributed by atoms with E-state index >= 15 is 0 Å². The number of phenols is 1. The van der Waals surface area contributed by atoms with Crippen LogP contribution in [0.5, 0.6) is 5.75 Å². The minimum atomic E-state index is -0.770. The highest BCUT2D eigenvalue weighted by molar-refractivity contribution is 6.31. The average molecular weight is 1830 g/mol. The van der Waals surface area contributed by atoms with Crippen molar-refractivity contribution in [3.63, 3.8) is 0 Å². The summed E-state index contributed by atoms with van der Waals surface area (Å²) in [5.41, 5.74) is 27.6. The van der Waals surface area contributed by atoms with Gasteiger partial charge in [0.25, 0.3) is 29.5 Å². The smallest absolute Gasteiger partial charge is 0.254 e. The van der Waals surface area contributed by atoms with E-state index in [1.165, 1.54) is 116 Å². The molecule has 0 fully saturated rings. The molecule has 0 aliphatic heterocycles. The number of hydrogen-bond acceptors (Lipinski definition) is 13. The number of aryl methyl sites for hydroxylation is 6. The van der Waals surface area contributed by atoms with E-state index < -0.39 is 17.5 Å². The summed E-state index contributed by atoms with van der Waals surface area (Å²) < 4.78 is 18.3. The summed E-state index contributed by atoms with van der Waals surface area (Å²) in [4.78, 5) is 140. The molecular weight excluding hydrogens is 1710 g/mol. The first-order valence-corrected chi connectivity index (χ1v) is 45.3. The van der Waals surface area contributed by atoms with E-state index in [0.29, 0.717) is 72.9 Å². The number of rotatable bonds is 26. The Kier molecular flexibility index (Phi) is 37.4. The van der Waals surface area contributed by atoms with Gasteiger partial charge in [-0.2, -0.15) is 0 Å². The Hall–Kier alpha value is -14.1. The molecule has 698 valence electrons. The molecule has 0 radical (unpaired) electrons. The van der Waals surface area contributed by atoms with Gasteiger partial charge in [0.1, 0.15) is 0 Å². The first-order chi connectivity index (χ1) is 63.6. The summed E-state index contributed by atoms with van der Waals surface area (Å²) in [5, 5.41) is 29.1. The summed E-state index contributed by atoms with van der Waals surface area (Å²) in [5.74, 6) is -2.10. The van der Waals surface area contributed by atoms with Crippen LogP contribution in [-0.4, -0.2) is 123 Å². The van der Waals surface area contributed by atoms with Crippen LogP contribution in [-0.2, 0) is 87.2 Å². The Labute approximate surface area is 789 Å². The summed E-state index contributed by atoms with van der Waals surface area (Å²) in [7, 11) is 1.98. The molecule has 7 aromatic carbocycles. The second-order valence-electron chi connectivity index (χ2n) is 34.5. The van der Waals surface area contributed by atoms with Gasteiger partial charge >= 0.3 is 0 Å². The van der Waals surface area contributed by atoms with Crippen molar-refractivity contribution in [2.24, 2.45) is 7.05 Å². The molecule has 21 nitrogen and oxygen atoms in total. The predicted octanol–water partition coefficient (Wildman–Crippen LogP) is 18.7. The van der Waals surface area contributed by atoms with Gasteiger partial charge in [0.2, 0.25) is 5.91 Å². The second-order valence-corrected chi connectivity index (χ2v) is 35.0. The SMILES string of the molecule is CC(=O)/C(C)=C\CNC(=O)CC1=C(C)Cc2ccc(C)cc21.CC(=O)/C=C/CNC(=O)C1=C(C)Cc2ccc(Cl)cc21.CC(=O)/C=C/CNC(=O)C1=C(C)Cc2ccc(O)c(F)c21.CC(=O)/C=C/CNC(=O)C1=CCc2cc(C)c(C)cc21.CC(=O)/C=C/CNC(=O)c1c(C)n(Cc2ccccc2)c2ccc(C)cc12.CC(=O)C1=CC(NC(=O)c2c(C)n(C)c3ccc(C)cc23)CCC1. The van der Waals surface area contributed by atoms with Crippen molar-refractivity contribution in [2.75, 3.05) is 32.7 Å². The molecular formula is C111H122ClFN8O13. The maximum absolute atomic E-state index is 14.1.